The van der Waals surface area contributed by atoms with E-state index in [1.165, 1.54) is 37.7 Å². The molecule has 3 heteroatoms. The molecule has 0 amide bonds. The highest BCUT2D eigenvalue weighted by atomic mass is 16.3. The predicted octanol–water partition coefficient (Wildman–Crippen LogP) is 3.35. The molecular weight excluding hydrogens is 284 g/mol. The van der Waals surface area contributed by atoms with Crippen LogP contribution in [-0.4, -0.2) is 42.3 Å². The van der Waals surface area contributed by atoms with Crippen LogP contribution in [-0.2, 0) is 0 Å². The molecule has 0 radical (unpaired) electrons. The summed E-state index contributed by atoms with van der Waals surface area (Å²) in [5.41, 5.74) is 1.44. The van der Waals surface area contributed by atoms with Crippen molar-refractivity contribution in [1.82, 2.24) is 10.2 Å². The molecule has 2 fully saturated rings. The van der Waals surface area contributed by atoms with Gasteiger partial charge < -0.3 is 15.3 Å². The normalized spacial score (nSPS) is 22.0. The van der Waals surface area contributed by atoms with Gasteiger partial charge in [-0.2, -0.15) is 0 Å². The van der Waals surface area contributed by atoms with Crippen molar-refractivity contribution in [2.75, 3.05) is 26.2 Å². The molecule has 1 saturated heterocycles. The molecule has 1 unspecified atom stereocenters. The monoisotopic (exact) mass is 316 g/mol. The molecule has 1 aliphatic heterocycles. The second-order valence-electron chi connectivity index (χ2n) is 7.38. The zero-order chi connectivity index (χ0) is 15.9. The molecule has 1 heterocycles. The maximum Gasteiger partial charge on any atom is 0.0564 e. The lowest BCUT2D eigenvalue weighted by Gasteiger charge is -2.31. The van der Waals surface area contributed by atoms with E-state index in [-0.39, 0.29) is 6.10 Å². The quantitative estimate of drug-likeness (QED) is 0.722. The second-order valence-corrected chi connectivity index (χ2v) is 7.38. The van der Waals surface area contributed by atoms with Crippen molar-refractivity contribution < 1.29 is 5.11 Å². The first-order valence-corrected chi connectivity index (χ1v) is 9.50. The third-order valence-corrected chi connectivity index (χ3v) is 5.59. The van der Waals surface area contributed by atoms with Gasteiger partial charge in [0.15, 0.2) is 0 Å². The smallest absolute Gasteiger partial charge is 0.0564 e. The van der Waals surface area contributed by atoms with E-state index < -0.39 is 0 Å². The Morgan fingerprint density at radius 2 is 1.83 bits per heavy atom. The topological polar surface area (TPSA) is 35.5 Å². The average molecular weight is 316 g/mol. The molecule has 3 nitrogen and oxygen atoms in total. The predicted molar refractivity (Wildman–Crippen MR) is 95.4 cm³/mol. The standard InChI is InChI=1S/C20H32N2O/c23-19-10-14-22(15-11-19)13-5-12-21-20(16-17-6-4-7-17)18-8-2-1-3-9-18/h1-3,8-9,17,19-21,23H,4-7,10-16H2. The summed E-state index contributed by atoms with van der Waals surface area (Å²) >= 11 is 0. The van der Waals surface area contributed by atoms with Gasteiger partial charge in [-0.3, -0.25) is 0 Å². The van der Waals surface area contributed by atoms with Crippen molar-refractivity contribution in [3.05, 3.63) is 35.9 Å². The van der Waals surface area contributed by atoms with E-state index in [1.54, 1.807) is 0 Å². The van der Waals surface area contributed by atoms with Crippen LogP contribution in [0.5, 0.6) is 0 Å². The van der Waals surface area contributed by atoms with Gasteiger partial charge in [0.05, 0.1) is 6.10 Å². The van der Waals surface area contributed by atoms with Gasteiger partial charge in [0, 0.05) is 19.1 Å². The molecule has 1 aliphatic carbocycles. The van der Waals surface area contributed by atoms with Crippen LogP contribution >= 0.6 is 0 Å². The van der Waals surface area contributed by atoms with Crippen LogP contribution in [0.1, 0.15) is 56.6 Å². The minimum atomic E-state index is -0.0608. The molecule has 0 spiro atoms. The van der Waals surface area contributed by atoms with Crippen LogP contribution in [0.25, 0.3) is 0 Å². The lowest BCUT2D eigenvalue weighted by molar-refractivity contribution is 0.0819. The highest BCUT2D eigenvalue weighted by Crippen LogP contribution is 2.34. The number of benzene rings is 1. The molecule has 0 aromatic heterocycles. The summed E-state index contributed by atoms with van der Waals surface area (Å²) in [4.78, 5) is 2.50. The Morgan fingerprint density at radius 1 is 1.09 bits per heavy atom. The van der Waals surface area contributed by atoms with Gasteiger partial charge in [-0.25, -0.2) is 0 Å². The number of nitrogens with one attached hydrogen (secondary N) is 1. The van der Waals surface area contributed by atoms with Crippen molar-refractivity contribution in [3.63, 3.8) is 0 Å². The minimum absolute atomic E-state index is 0.0608. The molecule has 1 aromatic carbocycles. The Bertz CT molecular complexity index is 438. The van der Waals surface area contributed by atoms with E-state index >= 15 is 0 Å². The Hall–Kier alpha value is -0.900. The van der Waals surface area contributed by atoms with Crippen LogP contribution in [0, 0.1) is 5.92 Å². The Balaban J connectivity index is 1.41. The SMILES string of the molecule is OC1CCN(CCCNC(CC2CCC2)c2ccccc2)CC1. The van der Waals surface area contributed by atoms with E-state index in [9.17, 15) is 5.11 Å². The van der Waals surface area contributed by atoms with Gasteiger partial charge in [-0.05, 0) is 50.3 Å². The number of aliphatic hydroxyl groups excluding tert-OH is 1. The number of piperidine rings is 1. The number of hydrogen-bond acceptors (Lipinski definition) is 3. The van der Waals surface area contributed by atoms with Crippen molar-refractivity contribution in [1.29, 1.82) is 0 Å². The molecule has 128 valence electrons. The van der Waals surface area contributed by atoms with Gasteiger partial charge >= 0.3 is 0 Å². The van der Waals surface area contributed by atoms with Crippen molar-refractivity contribution >= 4 is 0 Å². The molecule has 2 N–H and O–H groups in total. The summed E-state index contributed by atoms with van der Waals surface area (Å²) in [6, 6.07) is 11.5. The number of nitrogens with zero attached hydrogens (tertiary/aromatic N) is 1. The van der Waals surface area contributed by atoms with Gasteiger partial charge in [0.25, 0.3) is 0 Å². The first kappa shape index (κ1) is 16.9. The average Bonchev–Trinajstić information content (AvgIpc) is 2.55. The number of aliphatic hydroxyl groups is 1. The van der Waals surface area contributed by atoms with E-state index in [0.717, 1.165) is 44.9 Å². The molecule has 0 bridgehead atoms. The van der Waals surface area contributed by atoms with Crippen LogP contribution < -0.4 is 5.32 Å². The summed E-state index contributed by atoms with van der Waals surface area (Å²) in [5, 5.41) is 13.4. The fraction of sp³-hybridized carbons (Fsp3) is 0.700. The number of hydrogen-bond donors (Lipinski definition) is 2. The summed E-state index contributed by atoms with van der Waals surface area (Å²) in [6.07, 6.45) is 8.58. The summed E-state index contributed by atoms with van der Waals surface area (Å²) in [6.45, 7) is 4.37. The van der Waals surface area contributed by atoms with Crippen molar-refractivity contribution in [2.24, 2.45) is 5.92 Å². The lowest BCUT2D eigenvalue weighted by Crippen LogP contribution is -2.37. The van der Waals surface area contributed by atoms with Crippen LogP contribution in [0.2, 0.25) is 0 Å². The summed E-state index contributed by atoms with van der Waals surface area (Å²) in [5.74, 6) is 0.927. The molecule has 3 rings (SSSR count). The van der Waals surface area contributed by atoms with Crippen molar-refractivity contribution in [2.45, 2.75) is 57.1 Å². The zero-order valence-electron chi connectivity index (χ0n) is 14.3. The minimum Gasteiger partial charge on any atom is -0.393 e. The number of rotatable bonds is 8. The van der Waals surface area contributed by atoms with E-state index in [2.05, 4.69) is 40.5 Å². The van der Waals surface area contributed by atoms with Gasteiger partial charge in [0.2, 0.25) is 0 Å². The van der Waals surface area contributed by atoms with Crippen LogP contribution in [0.15, 0.2) is 30.3 Å². The van der Waals surface area contributed by atoms with Gasteiger partial charge in [-0.15, -0.1) is 0 Å². The van der Waals surface area contributed by atoms with E-state index in [1.807, 2.05) is 0 Å². The lowest BCUT2D eigenvalue weighted by atomic mass is 9.79. The molecule has 2 aliphatic rings. The van der Waals surface area contributed by atoms with Crippen LogP contribution in [0.3, 0.4) is 0 Å². The molecule has 1 aromatic rings. The second kappa shape index (κ2) is 8.81. The molecule has 23 heavy (non-hydrogen) atoms. The fourth-order valence-corrected chi connectivity index (χ4v) is 3.81. The van der Waals surface area contributed by atoms with Gasteiger partial charge in [0.1, 0.15) is 0 Å². The Kier molecular flexibility index (Phi) is 6.49. The Morgan fingerprint density at radius 3 is 2.48 bits per heavy atom. The van der Waals surface area contributed by atoms with E-state index in [0.29, 0.717) is 6.04 Å². The zero-order valence-corrected chi connectivity index (χ0v) is 14.3. The van der Waals surface area contributed by atoms with Crippen molar-refractivity contribution in [3.8, 4) is 0 Å². The Labute approximate surface area is 141 Å². The third kappa shape index (κ3) is 5.30. The molecular formula is C20H32N2O. The fourth-order valence-electron chi connectivity index (χ4n) is 3.81. The highest BCUT2D eigenvalue weighted by molar-refractivity contribution is 5.19. The van der Waals surface area contributed by atoms with E-state index in [4.69, 9.17) is 0 Å². The third-order valence-electron chi connectivity index (χ3n) is 5.59. The largest absolute Gasteiger partial charge is 0.393 e. The maximum absolute atomic E-state index is 9.57. The number of likely N-dealkylation sites (tertiary alicyclic amines) is 1. The summed E-state index contributed by atoms with van der Waals surface area (Å²) in [7, 11) is 0. The van der Waals surface area contributed by atoms with Crippen LogP contribution in [0.4, 0.5) is 0 Å². The maximum atomic E-state index is 9.57. The first-order chi connectivity index (χ1) is 11.3. The molecule has 1 saturated carbocycles. The highest BCUT2D eigenvalue weighted by Gasteiger charge is 2.23. The molecule has 1 atom stereocenters. The van der Waals surface area contributed by atoms with Gasteiger partial charge in [-0.1, -0.05) is 49.6 Å². The first-order valence-electron chi connectivity index (χ1n) is 9.50. The summed E-state index contributed by atoms with van der Waals surface area (Å²) < 4.78 is 0.